The Labute approximate surface area is 244 Å². The molecule has 10 heteroatoms. The lowest BCUT2D eigenvalue weighted by Crippen LogP contribution is -2.49. The van der Waals surface area contributed by atoms with Crippen molar-refractivity contribution in [2.75, 3.05) is 13.2 Å². The number of hydrogen-bond acceptors (Lipinski definition) is 9. The van der Waals surface area contributed by atoms with Crippen molar-refractivity contribution >= 4 is 23.9 Å². The molecule has 0 radical (unpaired) electrons. The average Bonchev–Trinajstić information content (AvgIpc) is 2.98. The minimum Gasteiger partial charge on any atom is -0.478 e. The Morgan fingerprint density at radius 2 is 1.19 bits per heavy atom. The van der Waals surface area contributed by atoms with Gasteiger partial charge in [-0.2, -0.15) is 0 Å². The number of aliphatic carboxylic acids is 1. The number of rotatable bonds is 14. The summed E-state index contributed by atoms with van der Waals surface area (Å²) in [5.74, 6) is -4.93. The van der Waals surface area contributed by atoms with Crippen LogP contribution in [0.2, 0.25) is 0 Å². The molecule has 3 aromatic carbocycles. The lowest BCUT2D eigenvalue weighted by Gasteiger charge is -2.28. The largest absolute Gasteiger partial charge is 0.478 e. The smallest absolute Gasteiger partial charge is 0.352 e. The summed E-state index contributed by atoms with van der Waals surface area (Å²) in [6, 6.07) is 24.7. The third-order valence-electron chi connectivity index (χ3n) is 5.80. The lowest BCUT2D eigenvalue weighted by molar-refractivity contribution is -0.176. The van der Waals surface area contributed by atoms with E-state index in [-0.39, 0.29) is 36.4 Å². The standard InChI is InChI=1S/C32H35NO9/c1-32(2,3)33-19-25(21-39-20-22-13-7-4-8-14-22)40-31(38)27(42-30(37)24-17-11-6-12-18-24)26(28(34)35)41-29(36)23-15-9-5-10-16-23/h4-18,25-27,33H,19-21H2,1-3H3,(H,34,35)/t25-,26+,27-/m1/s1. The van der Waals surface area contributed by atoms with Crippen molar-refractivity contribution in [3.63, 3.8) is 0 Å². The first kappa shape index (κ1) is 32.0. The Balaban J connectivity index is 1.84. The van der Waals surface area contributed by atoms with Gasteiger partial charge in [-0.05, 0) is 50.6 Å². The number of carboxylic acids is 1. The van der Waals surface area contributed by atoms with Crippen LogP contribution in [0.15, 0.2) is 91.0 Å². The van der Waals surface area contributed by atoms with Crippen LogP contribution in [0, 0.1) is 0 Å². The van der Waals surface area contributed by atoms with Gasteiger partial charge in [0.05, 0.1) is 24.3 Å². The highest BCUT2D eigenvalue weighted by atomic mass is 16.6. The molecule has 3 rings (SSSR count). The molecule has 3 atom stereocenters. The highest BCUT2D eigenvalue weighted by molar-refractivity contribution is 5.95. The van der Waals surface area contributed by atoms with Gasteiger partial charge in [0.2, 0.25) is 12.2 Å². The van der Waals surface area contributed by atoms with Crippen LogP contribution in [0.25, 0.3) is 0 Å². The topological polar surface area (TPSA) is 137 Å². The van der Waals surface area contributed by atoms with Gasteiger partial charge in [0.25, 0.3) is 0 Å². The number of esters is 3. The number of carboxylic acid groups (broad SMARTS) is 1. The van der Waals surface area contributed by atoms with E-state index in [2.05, 4.69) is 5.32 Å². The molecule has 0 aliphatic rings. The Hall–Kier alpha value is -4.54. The van der Waals surface area contributed by atoms with Crippen molar-refractivity contribution in [3.8, 4) is 0 Å². The quantitative estimate of drug-likeness (QED) is 0.213. The molecule has 0 saturated heterocycles. The fourth-order valence-electron chi connectivity index (χ4n) is 3.66. The van der Waals surface area contributed by atoms with Crippen LogP contribution in [-0.4, -0.2) is 66.0 Å². The maximum Gasteiger partial charge on any atom is 0.352 e. The molecule has 0 fully saturated rings. The Bertz CT molecular complexity index is 1310. The summed E-state index contributed by atoms with van der Waals surface area (Å²) in [6.07, 6.45) is -5.22. The predicted octanol–water partition coefficient (Wildman–Crippen LogP) is 4.04. The number of carbonyl (C=O) groups is 4. The lowest BCUT2D eigenvalue weighted by atomic mass is 10.1. The zero-order chi connectivity index (χ0) is 30.5. The Morgan fingerprint density at radius 1 is 0.714 bits per heavy atom. The SMILES string of the molecule is CC(C)(C)NC[C@H](COCc1ccccc1)OC(=O)[C@H](OC(=O)c1ccccc1)[C@H](OC(=O)c1ccccc1)C(=O)O. The van der Waals surface area contributed by atoms with E-state index in [1.165, 1.54) is 24.3 Å². The zero-order valence-electron chi connectivity index (χ0n) is 23.7. The fourth-order valence-corrected chi connectivity index (χ4v) is 3.66. The molecule has 0 aliphatic heterocycles. The second kappa shape index (κ2) is 15.5. The van der Waals surface area contributed by atoms with E-state index in [1.807, 2.05) is 51.1 Å². The van der Waals surface area contributed by atoms with Gasteiger partial charge in [0, 0.05) is 12.1 Å². The van der Waals surface area contributed by atoms with Crippen LogP contribution in [0.1, 0.15) is 47.1 Å². The third kappa shape index (κ3) is 10.5. The molecular weight excluding hydrogens is 542 g/mol. The zero-order valence-corrected chi connectivity index (χ0v) is 23.7. The first-order valence-electron chi connectivity index (χ1n) is 13.4. The van der Waals surface area contributed by atoms with Crippen LogP contribution in [0.3, 0.4) is 0 Å². The summed E-state index contributed by atoms with van der Waals surface area (Å²) >= 11 is 0. The number of benzene rings is 3. The fraction of sp³-hybridized carbons (Fsp3) is 0.312. The van der Waals surface area contributed by atoms with Gasteiger partial charge in [-0.1, -0.05) is 66.7 Å². The molecule has 0 aromatic heterocycles. The highest BCUT2D eigenvalue weighted by Gasteiger charge is 2.43. The molecule has 0 aliphatic carbocycles. The van der Waals surface area contributed by atoms with Crippen LogP contribution in [0.5, 0.6) is 0 Å². The van der Waals surface area contributed by atoms with Crippen molar-refractivity contribution < 1.29 is 43.2 Å². The van der Waals surface area contributed by atoms with E-state index in [4.69, 9.17) is 18.9 Å². The molecule has 10 nitrogen and oxygen atoms in total. The monoisotopic (exact) mass is 577 g/mol. The summed E-state index contributed by atoms with van der Waals surface area (Å²) in [4.78, 5) is 51.5. The second-order valence-corrected chi connectivity index (χ2v) is 10.4. The Kier molecular flexibility index (Phi) is 11.8. The van der Waals surface area contributed by atoms with Crippen molar-refractivity contribution in [1.29, 1.82) is 0 Å². The summed E-state index contributed by atoms with van der Waals surface area (Å²) in [5, 5.41) is 13.2. The van der Waals surface area contributed by atoms with Crippen LogP contribution in [0.4, 0.5) is 0 Å². The van der Waals surface area contributed by atoms with Gasteiger partial charge < -0.3 is 29.4 Å². The molecular formula is C32H35NO9. The highest BCUT2D eigenvalue weighted by Crippen LogP contribution is 2.16. The third-order valence-corrected chi connectivity index (χ3v) is 5.80. The van der Waals surface area contributed by atoms with Crippen molar-refractivity contribution in [2.24, 2.45) is 0 Å². The van der Waals surface area contributed by atoms with E-state index in [1.54, 1.807) is 36.4 Å². The summed E-state index contributed by atoms with van der Waals surface area (Å²) < 4.78 is 22.0. The predicted molar refractivity (Wildman–Crippen MR) is 153 cm³/mol. The van der Waals surface area contributed by atoms with Gasteiger partial charge >= 0.3 is 23.9 Å². The van der Waals surface area contributed by atoms with E-state index in [9.17, 15) is 24.3 Å². The number of nitrogens with one attached hydrogen (secondary N) is 1. The van der Waals surface area contributed by atoms with E-state index >= 15 is 0 Å². The molecule has 0 saturated carbocycles. The molecule has 3 aromatic rings. The molecule has 0 spiro atoms. The van der Waals surface area contributed by atoms with Crippen molar-refractivity contribution in [3.05, 3.63) is 108 Å². The minimum absolute atomic E-state index is 0.0480. The van der Waals surface area contributed by atoms with Gasteiger partial charge in [-0.15, -0.1) is 0 Å². The summed E-state index contributed by atoms with van der Waals surface area (Å²) in [7, 11) is 0. The van der Waals surface area contributed by atoms with E-state index < -0.39 is 42.2 Å². The van der Waals surface area contributed by atoms with Crippen molar-refractivity contribution in [1.82, 2.24) is 5.32 Å². The number of hydrogen-bond donors (Lipinski definition) is 2. The minimum atomic E-state index is -2.20. The number of carbonyl (C=O) groups excluding carboxylic acids is 3. The molecule has 42 heavy (non-hydrogen) atoms. The van der Waals surface area contributed by atoms with Gasteiger partial charge in [0.1, 0.15) is 6.10 Å². The molecule has 0 unspecified atom stereocenters. The van der Waals surface area contributed by atoms with Crippen molar-refractivity contribution in [2.45, 2.75) is 51.2 Å². The first-order chi connectivity index (χ1) is 20.0. The average molecular weight is 578 g/mol. The summed E-state index contributed by atoms with van der Waals surface area (Å²) in [6.45, 7) is 6.10. The van der Waals surface area contributed by atoms with E-state index in [0.717, 1.165) is 5.56 Å². The normalized spacial score (nSPS) is 13.3. The molecule has 2 N–H and O–H groups in total. The molecule has 222 valence electrons. The first-order valence-corrected chi connectivity index (χ1v) is 13.4. The second-order valence-electron chi connectivity index (χ2n) is 10.4. The number of ether oxygens (including phenoxy) is 4. The van der Waals surface area contributed by atoms with Gasteiger partial charge in [0.15, 0.2) is 0 Å². The van der Waals surface area contributed by atoms with E-state index in [0.29, 0.717) is 0 Å². The van der Waals surface area contributed by atoms with Crippen LogP contribution < -0.4 is 5.32 Å². The summed E-state index contributed by atoms with van der Waals surface area (Å²) in [5.41, 5.74) is 0.663. The van der Waals surface area contributed by atoms with Gasteiger partial charge in [-0.3, -0.25) is 0 Å². The maximum atomic E-state index is 13.5. The molecule has 0 amide bonds. The maximum absolute atomic E-state index is 13.5. The van der Waals surface area contributed by atoms with Crippen LogP contribution >= 0.6 is 0 Å². The van der Waals surface area contributed by atoms with Gasteiger partial charge in [-0.25, -0.2) is 19.2 Å². The Morgan fingerprint density at radius 3 is 1.67 bits per heavy atom. The molecule has 0 heterocycles. The van der Waals surface area contributed by atoms with Crippen LogP contribution in [-0.2, 0) is 35.1 Å². The molecule has 0 bridgehead atoms.